The van der Waals surface area contributed by atoms with Gasteiger partial charge in [-0.15, -0.1) is 0 Å². The van der Waals surface area contributed by atoms with Gasteiger partial charge in [-0.2, -0.15) is 0 Å². The van der Waals surface area contributed by atoms with Crippen molar-refractivity contribution in [3.63, 3.8) is 0 Å². The number of aryl methyl sites for hydroxylation is 1. The molecule has 0 radical (unpaired) electrons. The Hall–Kier alpha value is -1.31. The lowest BCUT2D eigenvalue weighted by atomic mass is 10.1. The fraction of sp³-hybridized carbons (Fsp3) is 0.500. The summed E-state index contributed by atoms with van der Waals surface area (Å²) in [4.78, 5) is 4.48. The number of nitrogens with zero attached hydrogens (tertiary/aromatic N) is 1. The summed E-state index contributed by atoms with van der Waals surface area (Å²) in [6, 6.07) is 10.8. The SMILES string of the molecule is CCCC(N)=NC(C)CCc1ccccc1. The lowest BCUT2D eigenvalue weighted by molar-refractivity contribution is 0.664. The molecule has 0 aliphatic carbocycles. The third-order valence-electron chi connectivity index (χ3n) is 2.59. The molecule has 0 amide bonds. The molecule has 1 aromatic rings. The van der Waals surface area contributed by atoms with Crippen molar-refractivity contribution in [2.24, 2.45) is 10.7 Å². The smallest absolute Gasteiger partial charge is 0.0940 e. The van der Waals surface area contributed by atoms with E-state index in [9.17, 15) is 0 Å². The Labute approximate surface area is 98.6 Å². The van der Waals surface area contributed by atoms with Crippen LogP contribution in [0.2, 0.25) is 0 Å². The summed E-state index contributed by atoms with van der Waals surface area (Å²) < 4.78 is 0. The Balaban J connectivity index is 2.35. The minimum absolute atomic E-state index is 0.326. The molecule has 0 heterocycles. The number of amidine groups is 1. The highest BCUT2D eigenvalue weighted by atomic mass is 14.9. The maximum absolute atomic E-state index is 5.80. The molecule has 1 atom stereocenters. The van der Waals surface area contributed by atoms with Gasteiger partial charge < -0.3 is 5.73 Å². The standard InChI is InChI=1S/C14H22N2/c1-3-7-14(15)16-12(2)10-11-13-8-5-4-6-9-13/h4-6,8-9,12H,3,7,10-11H2,1-2H3,(H2,15,16). The average Bonchev–Trinajstić information content (AvgIpc) is 2.28. The van der Waals surface area contributed by atoms with Crippen molar-refractivity contribution < 1.29 is 0 Å². The molecule has 2 heteroatoms. The van der Waals surface area contributed by atoms with E-state index in [1.165, 1.54) is 5.56 Å². The van der Waals surface area contributed by atoms with Gasteiger partial charge in [0.2, 0.25) is 0 Å². The molecule has 0 bridgehead atoms. The Morgan fingerprint density at radius 2 is 2.00 bits per heavy atom. The molecule has 0 spiro atoms. The van der Waals surface area contributed by atoms with Crippen molar-refractivity contribution in [3.8, 4) is 0 Å². The Kier molecular flexibility index (Phi) is 5.62. The van der Waals surface area contributed by atoms with Gasteiger partial charge in [0.1, 0.15) is 0 Å². The van der Waals surface area contributed by atoms with E-state index in [1.807, 2.05) is 6.07 Å². The summed E-state index contributed by atoms with van der Waals surface area (Å²) in [6.45, 7) is 4.25. The molecule has 0 saturated carbocycles. The fourth-order valence-corrected chi connectivity index (χ4v) is 1.69. The van der Waals surface area contributed by atoms with Crippen LogP contribution in [0.15, 0.2) is 35.3 Å². The first kappa shape index (κ1) is 12.8. The number of hydrogen-bond donors (Lipinski definition) is 1. The van der Waals surface area contributed by atoms with Crippen molar-refractivity contribution in [1.29, 1.82) is 0 Å². The monoisotopic (exact) mass is 218 g/mol. The van der Waals surface area contributed by atoms with Crippen LogP contribution in [0, 0.1) is 0 Å². The van der Waals surface area contributed by atoms with E-state index in [1.54, 1.807) is 0 Å². The summed E-state index contributed by atoms with van der Waals surface area (Å²) in [5.41, 5.74) is 7.18. The van der Waals surface area contributed by atoms with Gasteiger partial charge in [-0.25, -0.2) is 0 Å². The van der Waals surface area contributed by atoms with Crippen molar-refractivity contribution in [2.75, 3.05) is 0 Å². The lowest BCUT2D eigenvalue weighted by Crippen LogP contribution is -2.15. The number of hydrogen-bond acceptors (Lipinski definition) is 1. The van der Waals surface area contributed by atoms with Gasteiger partial charge in [0.25, 0.3) is 0 Å². The molecule has 1 aromatic carbocycles. The third kappa shape index (κ3) is 4.96. The van der Waals surface area contributed by atoms with Gasteiger partial charge in [0.15, 0.2) is 0 Å². The molecule has 0 fully saturated rings. The Morgan fingerprint density at radius 1 is 1.31 bits per heavy atom. The third-order valence-corrected chi connectivity index (χ3v) is 2.59. The van der Waals surface area contributed by atoms with Crippen molar-refractivity contribution in [2.45, 2.75) is 45.6 Å². The van der Waals surface area contributed by atoms with Gasteiger partial charge in [0.05, 0.1) is 5.84 Å². The van der Waals surface area contributed by atoms with Crippen LogP contribution in [0.4, 0.5) is 0 Å². The molecule has 0 aliphatic rings. The first-order valence-electron chi connectivity index (χ1n) is 6.08. The molecule has 0 aromatic heterocycles. The number of benzene rings is 1. The zero-order valence-corrected chi connectivity index (χ0v) is 10.3. The van der Waals surface area contributed by atoms with Gasteiger partial charge in [-0.3, -0.25) is 4.99 Å². The summed E-state index contributed by atoms with van der Waals surface area (Å²) >= 11 is 0. The predicted octanol–water partition coefficient (Wildman–Crippen LogP) is 3.17. The van der Waals surface area contributed by atoms with Crippen LogP contribution < -0.4 is 5.73 Å². The second kappa shape index (κ2) is 7.04. The van der Waals surface area contributed by atoms with Gasteiger partial charge >= 0.3 is 0 Å². The molecular formula is C14H22N2. The summed E-state index contributed by atoms with van der Waals surface area (Å²) in [5, 5.41) is 0. The van der Waals surface area contributed by atoms with E-state index >= 15 is 0 Å². The van der Waals surface area contributed by atoms with Crippen molar-refractivity contribution in [3.05, 3.63) is 35.9 Å². The zero-order chi connectivity index (χ0) is 11.8. The summed E-state index contributed by atoms with van der Waals surface area (Å²) in [5.74, 6) is 0.795. The average molecular weight is 218 g/mol. The first-order valence-corrected chi connectivity index (χ1v) is 6.08. The maximum atomic E-state index is 5.80. The van der Waals surface area contributed by atoms with Crippen molar-refractivity contribution in [1.82, 2.24) is 0 Å². The first-order chi connectivity index (χ1) is 7.72. The normalized spacial score (nSPS) is 13.8. The summed E-state index contributed by atoms with van der Waals surface area (Å²) in [6.07, 6.45) is 4.12. The maximum Gasteiger partial charge on any atom is 0.0940 e. The van der Waals surface area contributed by atoms with Crippen LogP contribution in [0.1, 0.15) is 38.7 Å². The highest BCUT2D eigenvalue weighted by molar-refractivity contribution is 5.80. The highest BCUT2D eigenvalue weighted by Gasteiger charge is 2.01. The van der Waals surface area contributed by atoms with Gasteiger partial charge in [0, 0.05) is 12.5 Å². The van der Waals surface area contributed by atoms with Crippen LogP contribution in [-0.4, -0.2) is 11.9 Å². The second-order valence-corrected chi connectivity index (χ2v) is 4.24. The Morgan fingerprint density at radius 3 is 2.62 bits per heavy atom. The van der Waals surface area contributed by atoms with E-state index in [0.29, 0.717) is 6.04 Å². The zero-order valence-electron chi connectivity index (χ0n) is 10.3. The molecule has 1 rings (SSSR count). The van der Waals surface area contributed by atoms with E-state index < -0.39 is 0 Å². The van der Waals surface area contributed by atoms with Gasteiger partial charge in [-0.05, 0) is 31.7 Å². The minimum atomic E-state index is 0.326. The molecule has 2 nitrogen and oxygen atoms in total. The molecule has 0 saturated heterocycles. The number of rotatable bonds is 6. The van der Waals surface area contributed by atoms with E-state index in [-0.39, 0.29) is 0 Å². The largest absolute Gasteiger partial charge is 0.387 e. The lowest BCUT2D eigenvalue weighted by Gasteiger charge is -2.08. The quantitative estimate of drug-likeness (QED) is 0.578. The van der Waals surface area contributed by atoms with E-state index in [0.717, 1.165) is 31.5 Å². The minimum Gasteiger partial charge on any atom is -0.387 e. The Bertz CT molecular complexity index is 317. The second-order valence-electron chi connectivity index (χ2n) is 4.24. The predicted molar refractivity (Wildman–Crippen MR) is 70.8 cm³/mol. The summed E-state index contributed by atoms with van der Waals surface area (Å²) in [7, 11) is 0. The van der Waals surface area contributed by atoms with Crippen LogP contribution in [0.25, 0.3) is 0 Å². The molecule has 0 aliphatic heterocycles. The molecular weight excluding hydrogens is 196 g/mol. The van der Waals surface area contributed by atoms with Gasteiger partial charge in [-0.1, -0.05) is 37.3 Å². The highest BCUT2D eigenvalue weighted by Crippen LogP contribution is 2.07. The van der Waals surface area contributed by atoms with Crippen LogP contribution in [-0.2, 0) is 6.42 Å². The molecule has 16 heavy (non-hydrogen) atoms. The van der Waals surface area contributed by atoms with Crippen LogP contribution >= 0.6 is 0 Å². The number of nitrogens with two attached hydrogens (primary N) is 1. The number of aliphatic imine (C=N–C) groups is 1. The fourth-order valence-electron chi connectivity index (χ4n) is 1.69. The van der Waals surface area contributed by atoms with E-state index in [2.05, 4.69) is 43.1 Å². The van der Waals surface area contributed by atoms with Crippen molar-refractivity contribution >= 4 is 5.84 Å². The molecule has 1 unspecified atom stereocenters. The van der Waals surface area contributed by atoms with Crippen LogP contribution in [0.5, 0.6) is 0 Å². The topological polar surface area (TPSA) is 38.4 Å². The molecule has 88 valence electrons. The van der Waals surface area contributed by atoms with E-state index in [4.69, 9.17) is 5.73 Å². The molecule has 2 N–H and O–H groups in total. The van der Waals surface area contributed by atoms with Crippen LogP contribution in [0.3, 0.4) is 0 Å².